The van der Waals surface area contributed by atoms with Gasteiger partial charge in [-0.25, -0.2) is 4.98 Å². The maximum atomic E-state index is 13.0. The second kappa shape index (κ2) is 7.98. The van der Waals surface area contributed by atoms with Gasteiger partial charge in [-0.3, -0.25) is 9.59 Å². The van der Waals surface area contributed by atoms with Gasteiger partial charge in [0.15, 0.2) is 0 Å². The van der Waals surface area contributed by atoms with Crippen molar-refractivity contribution >= 4 is 23.3 Å². The van der Waals surface area contributed by atoms with Crippen molar-refractivity contribution in [3.63, 3.8) is 0 Å². The van der Waals surface area contributed by atoms with Gasteiger partial charge in [-0.15, -0.1) is 0 Å². The minimum Gasteiger partial charge on any atom is -0.497 e. The number of nitrogens with zero attached hydrogens (tertiary/aromatic N) is 2. The van der Waals surface area contributed by atoms with Crippen LogP contribution in [0.15, 0.2) is 36.5 Å². The molecule has 4 rings (SSSR count). The fourth-order valence-electron chi connectivity index (χ4n) is 4.02. The minimum absolute atomic E-state index is 0.104. The molecule has 152 valence electrons. The number of pyridine rings is 1. The van der Waals surface area contributed by atoms with Crippen molar-refractivity contribution in [1.82, 2.24) is 10.3 Å². The third-order valence-electron chi connectivity index (χ3n) is 5.54. The van der Waals surface area contributed by atoms with Crippen LogP contribution in [0.1, 0.15) is 23.2 Å². The molecule has 8 nitrogen and oxygen atoms in total. The molecule has 2 aliphatic rings. The Bertz CT molecular complexity index is 933. The van der Waals surface area contributed by atoms with Gasteiger partial charge in [-0.2, -0.15) is 0 Å². The van der Waals surface area contributed by atoms with Crippen LogP contribution >= 0.6 is 0 Å². The molecule has 0 saturated carbocycles. The highest BCUT2D eigenvalue weighted by molar-refractivity contribution is 6.08. The van der Waals surface area contributed by atoms with E-state index in [0.29, 0.717) is 47.5 Å². The molecule has 2 aromatic rings. The van der Waals surface area contributed by atoms with Crippen LogP contribution in [0.3, 0.4) is 0 Å². The molecule has 3 heterocycles. The summed E-state index contributed by atoms with van der Waals surface area (Å²) in [7, 11) is 3.12. The van der Waals surface area contributed by atoms with E-state index in [1.54, 1.807) is 50.7 Å². The van der Waals surface area contributed by atoms with E-state index in [2.05, 4.69) is 20.5 Å². The van der Waals surface area contributed by atoms with Crippen LogP contribution < -0.4 is 25.0 Å². The lowest BCUT2D eigenvalue weighted by atomic mass is 9.92. The summed E-state index contributed by atoms with van der Waals surface area (Å²) in [6.45, 7) is 1.42. The van der Waals surface area contributed by atoms with Crippen molar-refractivity contribution in [2.24, 2.45) is 5.92 Å². The SMILES string of the molecule is COc1ccc(NC(=O)c2cccnc2N2CC[C@@H]3CC(=O)N[C@@H]3C2)c(OC)c1. The van der Waals surface area contributed by atoms with Crippen molar-refractivity contribution in [2.45, 2.75) is 18.9 Å². The zero-order valence-corrected chi connectivity index (χ0v) is 16.5. The number of rotatable bonds is 5. The Kier molecular flexibility index (Phi) is 5.24. The normalized spacial score (nSPS) is 20.6. The van der Waals surface area contributed by atoms with Crippen molar-refractivity contribution in [1.29, 1.82) is 0 Å². The predicted octanol–water partition coefficient (Wildman–Crippen LogP) is 2.07. The summed E-state index contributed by atoms with van der Waals surface area (Å²) in [5.41, 5.74) is 1.03. The lowest BCUT2D eigenvalue weighted by Gasteiger charge is -2.35. The first-order chi connectivity index (χ1) is 14.1. The second-order valence-corrected chi connectivity index (χ2v) is 7.27. The quantitative estimate of drug-likeness (QED) is 0.804. The van der Waals surface area contributed by atoms with E-state index < -0.39 is 0 Å². The van der Waals surface area contributed by atoms with Gasteiger partial charge in [0, 0.05) is 37.8 Å². The Balaban J connectivity index is 1.55. The fraction of sp³-hybridized carbons (Fsp3) is 0.381. The molecular weight excluding hydrogens is 372 g/mol. The van der Waals surface area contributed by atoms with Gasteiger partial charge in [0.25, 0.3) is 5.91 Å². The van der Waals surface area contributed by atoms with Gasteiger partial charge in [0.05, 0.1) is 25.5 Å². The molecule has 0 unspecified atom stereocenters. The van der Waals surface area contributed by atoms with Crippen LogP contribution in [0, 0.1) is 5.92 Å². The monoisotopic (exact) mass is 396 g/mol. The highest BCUT2D eigenvalue weighted by Crippen LogP contribution is 2.32. The maximum absolute atomic E-state index is 13.0. The summed E-state index contributed by atoms with van der Waals surface area (Å²) < 4.78 is 10.6. The van der Waals surface area contributed by atoms with E-state index in [0.717, 1.165) is 13.0 Å². The summed E-state index contributed by atoms with van der Waals surface area (Å²) in [6, 6.07) is 8.82. The molecule has 0 bridgehead atoms. The number of amides is 2. The molecule has 0 spiro atoms. The number of anilines is 2. The molecule has 29 heavy (non-hydrogen) atoms. The molecule has 1 aromatic heterocycles. The standard InChI is InChI=1S/C21H24N4O4/c1-28-14-5-6-16(18(11-14)29-2)24-21(27)15-4-3-8-22-20(15)25-9-7-13-10-19(26)23-17(13)12-25/h3-6,8,11,13,17H,7,9-10,12H2,1-2H3,(H,23,26)(H,24,27)/t13-,17-/m1/s1. The fourth-order valence-corrected chi connectivity index (χ4v) is 4.02. The molecular formula is C21H24N4O4. The van der Waals surface area contributed by atoms with Crippen molar-refractivity contribution in [2.75, 3.05) is 37.5 Å². The van der Waals surface area contributed by atoms with Gasteiger partial charge in [-0.1, -0.05) is 0 Å². The van der Waals surface area contributed by atoms with E-state index in [-0.39, 0.29) is 17.9 Å². The second-order valence-electron chi connectivity index (χ2n) is 7.27. The van der Waals surface area contributed by atoms with Crippen LogP contribution in [0.2, 0.25) is 0 Å². The Morgan fingerprint density at radius 3 is 2.93 bits per heavy atom. The number of hydrogen-bond acceptors (Lipinski definition) is 6. The van der Waals surface area contributed by atoms with E-state index in [9.17, 15) is 9.59 Å². The number of nitrogens with one attached hydrogen (secondary N) is 2. The van der Waals surface area contributed by atoms with Crippen molar-refractivity contribution < 1.29 is 19.1 Å². The third kappa shape index (κ3) is 3.83. The zero-order valence-electron chi connectivity index (χ0n) is 16.5. The molecule has 2 atom stereocenters. The first-order valence-corrected chi connectivity index (χ1v) is 9.61. The Labute approximate surface area is 169 Å². The number of ether oxygens (including phenoxy) is 2. The number of benzene rings is 1. The van der Waals surface area contributed by atoms with Gasteiger partial charge >= 0.3 is 0 Å². The Morgan fingerprint density at radius 1 is 1.28 bits per heavy atom. The number of aromatic nitrogens is 1. The minimum atomic E-state index is -0.269. The average Bonchev–Trinajstić information content (AvgIpc) is 3.13. The molecule has 2 saturated heterocycles. The van der Waals surface area contributed by atoms with E-state index >= 15 is 0 Å². The highest BCUT2D eigenvalue weighted by atomic mass is 16.5. The highest BCUT2D eigenvalue weighted by Gasteiger charge is 2.37. The van der Waals surface area contributed by atoms with Crippen LogP contribution in [0.4, 0.5) is 11.5 Å². The van der Waals surface area contributed by atoms with Gasteiger partial charge in [0.1, 0.15) is 17.3 Å². The van der Waals surface area contributed by atoms with Crippen LogP contribution in [0.25, 0.3) is 0 Å². The van der Waals surface area contributed by atoms with Gasteiger partial charge in [0.2, 0.25) is 5.91 Å². The smallest absolute Gasteiger partial charge is 0.259 e. The summed E-state index contributed by atoms with van der Waals surface area (Å²) in [5.74, 6) is 1.97. The molecule has 2 fully saturated rings. The van der Waals surface area contributed by atoms with Crippen molar-refractivity contribution in [3.05, 3.63) is 42.1 Å². The topological polar surface area (TPSA) is 92.8 Å². The van der Waals surface area contributed by atoms with Crippen LogP contribution in [-0.2, 0) is 4.79 Å². The lowest BCUT2D eigenvalue weighted by molar-refractivity contribution is -0.119. The van der Waals surface area contributed by atoms with Gasteiger partial charge < -0.3 is 25.0 Å². The van der Waals surface area contributed by atoms with Crippen LogP contribution in [-0.4, -0.2) is 50.1 Å². The molecule has 2 aliphatic heterocycles. The number of carbonyl (C=O) groups is 2. The predicted molar refractivity (Wildman–Crippen MR) is 109 cm³/mol. The Hall–Kier alpha value is -3.29. The molecule has 0 aliphatic carbocycles. The summed E-state index contributed by atoms with van der Waals surface area (Å²) in [6.07, 6.45) is 3.16. The third-order valence-corrected chi connectivity index (χ3v) is 5.54. The van der Waals surface area contributed by atoms with Gasteiger partial charge in [-0.05, 0) is 36.6 Å². The molecule has 2 amide bonds. The number of carbonyl (C=O) groups excluding carboxylic acids is 2. The largest absolute Gasteiger partial charge is 0.497 e. The molecule has 1 aromatic carbocycles. The molecule has 0 radical (unpaired) electrons. The maximum Gasteiger partial charge on any atom is 0.259 e. The first-order valence-electron chi connectivity index (χ1n) is 9.61. The zero-order chi connectivity index (χ0) is 20.4. The first kappa shape index (κ1) is 19.0. The van der Waals surface area contributed by atoms with Crippen LogP contribution in [0.5, 0.6) is 11.5 Å². The van der Waals surface area contributed by atoms with E-state index in [1.165, 1.54) is 0 Å². The molecule has 8 heteroatoms. The molecule has 2 N–H and O–H groups in total. The number of piperidine rings is 1. The number of fused-ring (bicyclic) bond motifs is 1. The lowest BCUT2D eigenvalue weighted by Crippen LogP contribution is -2.47. The van der Waals surface area contributed by atoms with E-state index in [4.69, 9.17) is 9.47 Å². The summed E-state index contributed by atoms with van der Waals surface area (Å²) in [5, 5.41) is 5.94. The van der Waals surface area contributed by atoms with Crippen molar-refractivity contribution in [3.8, 4) is 11.5 Å². The average molecular weight is 396 g/mol. The summed E-state index contributed by atoms with van der Waals surface area (Å²) >= 11 is 0. The Morgan fingerprint density at radius 2 is 2.14 bits per heavy atom. The van der Waals surface area contributed by atoms with E-state index in [1.807, 2.05) is 0 Å². The number of methoxy groups -OCH3 is 2. The number of hydrogen-bond donors (Lipinski definition) is 2. The summed E-state index contributed by atoms with van der Waals surface area (Å²) in [4.78, 5) is 31.3.